The highest BCUT2D eigenvalue weighted by atomic mass is 32.2. The van der Waals surface area contributed by atoms with Gasteiger partial charge in [-0.15, -0.1) is 0 Å². The fourth-order valence-corrected chi connectivity index (χ4v) is 5.12. The van der Waals surface area contributed by atoms with Crippen LogP contribution in [0.15, 0.2) is 59.5 Å². The molecule has 1 saturated heterocycles. The normalized spacial score (nSPS) is 16.8. The smallest absolute Gasteiger partial charge is 0.243 e. The van der Waals surface area contributed by atoms with E-state index in [1.165, 1.54) is 5.69 Å². The monoisotopic (exact) mass is 370 g/mol. The lowest BCUT2D eigenvalue weighted by molar-refractivity contribution is 0.317. The van der Waals surface area contributed by atoms with Crippen molar-refractivity contribution in [1.82, 2.24) is 9.29 Å². The van der Waals surface area contributed by atoms with Gasteiger partial charge in [-0.25, -0.2) is 8.42 Å². The van der Waals surface area contributed by atoms with Gasteiger partial charge in [0.2, 0.25) is 10.0 Å². The Bertz CT molecular complexity index is 1000. The van der Waals surface area contributed by atoms with E-state index in [0.29, 0.717) is 23.9 Å². The Labute approximate surface area is 153 Å². The van der Waals surface area contributed by atoms with E-state index in [1.54, 1.807) is 35.7 Å². The first-order valence-electron chi connectivity index (χ1n) is 8.80. The molecule has 5 nitrogen and oxygen atoms in total. The topological polar surface area (TPSA) is 62.4 Å². The number of nitrogens with one attached hydrogen (secondary N) is 1. The van der Waals surface area contributed by atoms with Crippen molar-refractivity contribution in [3.8, 4) is 5.75 Å². The first-order chi connectivity index (χ1) is 12.6. The van der Waals surface area contributed by atoms with E-state index in [-0.39, 0.29) is 0 Å². The third-order valence-electron chi connectivity index (χ3n) is 5.12. The molecule has 0 aliphatic carbocycles. The molecule has 26 heavy (non-hydrogen) atoms. The van der Waals surface area contributed by atoms with E-state index in [9.17, 15) is 8.42 Å². The molecule has 2 aromatic carbocycles. The number of fused-ring (bicyclic) bond motifs is 1. The molecule has 2 heterocycles. The van der Waals surface area contributed by atoms with Crippen molar-refractivity contribution < 1.29 is 13.2 Å². The van der Waals surface area contributed by atoms with Gasteiger partial charge in [0.1, 0.15) is 5.75 Å². The highest BCUT2D eigenvalue weighted by molar-refractivity contribution is 7.89. The van der Waals surface area contributed by atoms with Crippen molar-refractivity contribution in [2.24, 2.45) is 0 Å². The number of hydrogen-bond acceptors (Lipinski definition) is 3. The number of aromatic amines is 1. The Balaban J connectivity index is 1.50. The summed E-state index contributed by atoms with van der Waals surface area (Å²) in [6.45, 7) is 1.08. The van der Waals surface area contributed by atoms with E-state index in [2.05, 4.69) is 11.1 Å². The Morgan fingerprint density at radius 2 is 1.77 bits per heavy atom. The minimum atomic E-state index is -3.39. The molecule has 1 fully saturated rings. The second-order valence-electron chi connectivity index (χ2n) is 6.67. The van der Waals surface area contributed by atoms with Crippen LogP contribution >= 0.6 is 0 Å². The summed E-state index contributed by atoms with van der Waals surface area (Å²) in [5, 5.41) is 1.12. The summed E-state index contributed by atoms with van der Waals surface area (Å²) in [5.74, 6) is 1.18. The molecule has 1 aliphatic rings. The van der Waals surface area contributed by atoms with Gasteiger partial charge in [-0.2, -0.15) is 4.31 Å². The summed E-state index contributed by atoms with van der Waals surface area (Å²) >= 11 is 0. The van der Waals surface area contributed by atoms with Crippen LogP contribution in [0.5, 0.6) is 5.75 Å². The van der Waals surface area contributed by atoms with Crippen LogP contribution in [0, 0.1) is 0 Å². The van der Waals surface area contributed by atoms with Crippen LogP contribution in [0.3, 0.4) is 0 Å². The maximum absolute atomic E-state index is 12.7. The van der Waals surface area contributed by atoms with Crippen LogP contribution in [-0.2, 0) is 10.0 Å². The molecule has 0 atom stereocenters. The fraction of sp³-hybridized carbons (Fsp3) is 0.300. The summed E-state index contributed by atoms with van der Waals surface area (Å²) in [4.78, 5) is 3.85. The molecule has 0 spiro atoms. The number of piperidine rings is 1. The molecule has 0 bridgehead atoms. The number of ether oxygens (including phenoxy) is 1. The minimum Gasteiger partial charge on any atom is -0.497 e. The quantitative estimate of drug-likeness (QED) is 0.761. The highest BCUT2D eigenvalue weighted by Crippen LogP contribution is 2.32. The molecular weight excluding hydrogens is 348 g/mol. The van der Waals surface area contributed by atoms with Gasteiger partial charge in [0.15, 0.2) is 0 Å². The molecule has 1 N–H and O–H groups in total. The van der Waals surface area contributed by atoms with E-state index in [4.69, 9.17) is 4.74 Å². The molecule has 1 aromatic heterocycles. The number of H-pyrrole nitrogens is 1. The van der Waals surface area contributed by atoms with Gasteiger partial charge in [0.05, 0.1) is 12.0 Å². The summed E-state index contributed by atoms with van der Waals surface area (Å²) in [6.07, 6.45) is 1.63. The van der Waals surface area contributed by atoms with Crippen LogP contribution in [-0.4, -0.2) is 37.9 Å². The molecule has 0 saturated carbocycles. The second kappa shape index (κ2) is 6.78. The lowest BCUT2D eigenvalue weighted by Gasteiger charge is -2.30. The molecule has 0 radical (unpaired) electrons. The molecule has 0 unspecified atom stereocenters. The van der Waals surface area contributed by atoms with Crippen LogP contribution in [0.25, 0.3) is 10.9 Å². The first-order valence-corrected chi connectivity index (χ1v) is 10.2. The Kier molecular flexibility index (Phi) is 4.46. The van der Waals surface area contributed by atoms with Gasteiger partial charge in [-0.3, -0.25) is 0 Å². The standard InChI is InChI=1S/C20H22N2O3S/c1-25-17-7-8-19-16(13-17)14-20(21-19)15-9-11-22(12-10-15)26(23,24)18-5-3-2-4-6-18/h2-8,13-15,21H,9-12H2,1H3. The molecule has 4 rings (SSSR count). The third-order valence-corrected chi connectivity index (χ3v) is 7.04. The van der Waals surface area contributed by atoms with Crippen LogP contribution in [0.4, 0.5) is 0 Å². The predicted octanol–water partition coefficient (Wildman–Crippen LogP) is 3.74. The van der Waals surface area contributed by atoms with Crippen molar-refractivity contribution in [3.05, 3.63) is 60.3 Å². The van der Waals surface area contributed by atoms with Gasteiger partial charge < -0.3 is 9.72 Å². The number of nitrogens with zero attached hydrogens (tertiary/aromatic N) is 1. The van der Waals surface area contributed by atoms with Crippen LogP contribution in [0.1, 0.15) is 24.5 Å². The van der Waals surface area contributed by atoms with Crippen LogP contribution < -0.4 is 4.74 Å². The number of aromatic nitrogens is 1. The zero-order chi connectivity index (χ0) is 18.1. The maximum Gasteiger partial charge on any atom is 0.243 e. The lowest BCUT2D eigenvalue weighted by atomic mass is 9.95. The fourth-order valence-electron chi connectivity index (χ4n) is 3.63. The molecule has 6 heteroatoms. The number of benzene rings is 2. The summed E-state index contributed by atoms with van der Waals surface area (Å²) < 4.78 is 32.4. The average Bonchev–Trinajstić information content (AvgIpc) is 3.12. The summed E-state index contributed by atoms with van der Waals surface area (Å²) in [6, 6.07) is 16.8. The molecular formula is C20H22N2O3S. The molecule has 136 valence electrons. The summed E-state index contributed by atoms with van der Waals surface area (Å²) in [7, 11) is -1.73. The van der Waals surface area contributed by atoms with Gasteiger partial charge in [0.25, 0.3) is 0 Å². The van der Waals surface area contributed by atoms with Crippen molar-refractivity contribution in [2.75, 3.05) is 20.2 Å². The molecule has 3 aromatic rings. The molecule has 0 amide bonds. The van der Waals surface area contributed by atoms with Gasteiger partial charge in [-0.1, -0.05) is 18.2 Å². The Hall–Kier alpha value is -2.31. The minimum absolute atomic E-state index is 0.343. The SMILES string of the molecule is COc1ccc2[nH]c(C3CCN(S(=O)(=O)c4ccccc4)CC3)cc2c1. The predicted molar refractivity (Wildman–Crippen MR) is 102 cm³/mol. The summed E-state index contributed by atoms with van der Waals surface area (Å²) in [5.41, 5.74) is 2.25. The second-order valence-corrected chi connectivity index (χ2v) is 8.61. The van der Waals surface area contributed by atoms with Gasteiger partial charge >= 0.3 is 0 Å². The maximum atomic E-state index is 12.7. The third kappa shape index (κ3) is 3.10. The van der Waals surface area contributed by atoms with Crippen molar-refractivity contribution in [2.45, 2.75) is 23.7 Å². The van der Waals surface area contributed by atoms with Crippen molar-refractivity contribution in [1.29, 1.82) is 0 Å². The number of hydrogen-bond donors (Lipinski definition) is 1. The number of sulfonamides is 1. The van der Waals surface area contributed by atoms with Gasteiger partial charge in [-0.05, 0) is 49.2 Å². The van der Waals surface area contributed by atoms with E-state index < -0.39 is 10.0 Å². The number of methoxy groups -OCH3 is 1. The van der Waals surface area contributed by atoms with Crippen molar-refractivity contribution >= 4 is 20.9 Å². The Morgan fingerprint density at radius 3 is 2.46 bits per heavy atom. The van der Waals surface area contributed by atoms with Gasteiger partial charge in [0, 0.05) is 35.6 Å². The van der Waals surface area contributed by atoms with E-state index >= 15 is 0 Å². The first kappa shape index (κ1) is 17.1. The zero-order valence-electron chi connectivity index (χ0n) is 14.7. The number of rotatable bonds is 4. The van der Waals surface area contributed by atoms with Crippen LogP contribution in [0.2, 0.25) is 0 Å². The van der Waals surface area contributed by atoms with Crippen molar-refractivity contribution in [3.63, 3.8) is 0 Å². The highest BCUT2D eigenvalue weighted by Gasteiger charge is 2.30. The lowest BCUT2D eigenvalue weighted by Crippen LogP contribution is -2.37. The zero-order valence-corrected chi connectivity index (χ0v) is 15.5. The largest absolute Gasteiger partial charge is 0.497 e. The molecule has 1 aliphatic heterocycles. The Morgan fingerprint density at radius 1 is 1.04 bits per heavy atom. The van der Waals surface area contributed by atoms with E-state index in [1.807, 2.05) is 24.3 Å². The van der Waals surface area contributed by atoms with E-state index in [0.717, 1.165) is 29.5 Å². The average molecular weight is 370 g/mol.